The second kappa shape index (κ2) is 8.36. The zero-order valence-electron chi connectivity index (χ0n) is 14.8. The molecule has 1 aliphatic heterocycles. The Morgan fingerprint density at radius 2 is 1.92 bits per heavy atom. The molecule has 0 aliphatic carbocycles. The third-order valence-electron chi connectivity index (χ3n) is 4.44. The maximum Gasteiger partial charge on any atom is 0.287 e. The molecule has 2 amide bonds. The molecule has 7 heteroatoms. The van der Waals surface area contributed by atoms with Crippen molar-refractivity contribution in [3.05, 3.63) is 52.1 Å². The van der Waals surface area contributed by atoms with Gasteiger partial charge in [-0.15, -0.1) is 0 Å². The third kappa shape index (κ3) is 4.07. The van der Waals surface area contributed by atoms with Crippen LogP contribution in [-0.4, -0.2) is 27.9 Å². The summed E-state index contributed by atoms with van der Waals surface area (Å²) < 4.78 is 1.89. The van der Waals surface area contributed by atoms with E-state index in [1.807, 2.05) is 23.6 Å². The smallest absolute Gasteiger partial charge is 0.287 e. The summed E-state index contributed by atoms with van der Waals surface area (Å²) in [6.45, 7) is 3.70. The zero-order chi connectivity index (χ0) is 18.5. The van der Waals surface area contributed by atoms with Crippen LogP contribution in [0.2, 0.25) is 5.02 Å². The van der Waals surface area contributed by atoms with Crippen LogP contribution in [0.15, 0.2) is 24.3 Å². The van der Waals surface area contributed by atoms with Crippen molar-refractivity contribution in [3.8, 4) is 0 Å². The summed E-state index contributed by atoms with van der Waals surface area (Å²) in [6.07, 6.45) is 3.62. The average Bonchev–Trinajstić information content (AvgIpc) is 3.05. The SMILES string of the molecule is CCCNC(=O)c1nc(C(=O)NCc2ccc(Cl)cc2)n2c1CCCC2. The van der Waals surface area contributed by atoms with Crippen molar-refractivity contribution < 1.29 is 9.59 Å². The molecule has 0 bridgehead atoms. The van der Waals surface area contributed by atoms with Gasteiger partial charge in [-0.2, -0.15) is 0 Å². The van der Waals surface area contributed by atoms with Gasteiger partial charge in [-0.1, -0.05) is 30.7 Å². The zero-order valence-corrected chi connectivity index (χ0v) is 15.6. The van der Waals surface area contributed by atoms with Gasteiger partial charge in [0.15, 0.2) is 5.82 Å². The minimum Gasteiger partial charge on any atom is -0.351 e. The second-order valence-corrected chi connectivity index (χ2v) is 6.84. The molecular weight excluding hydrogens is 352 g/mol. The van der Waals surface area contributed by atoms with Crippen LogP contribution in [-0.2, 0) is 19.5 Å². The number of aromatic nitrogens is 2. The highest BCUT2D eigenvalue weighted by Crippen LogP contribution is 2.21. The fourth-order valence-corrected chi connectivity index (χ4v) is 3.21. The first kappa shape index (κ1) is 18.5. The summed E-state index contributed by atoms with van der Waals surface area (Å²) in [5, 5.41) is 6.40. The summed E-state index contributed by atoms with van der Waals surface area (Å²) >= 11 is 5.88. The predicted molar refractivity (Wildman–Crippen MR) is 100 cm³/mol. The second-order valence-electron chi connectivity index (χ2n) is 6.40. The number of hydrogen-bond donors (Lipinski definition) is 2. The first-order valence-electron chi connectivity index (χ1n) is 9.00. The number of benzene rings is 1. The lowest BCUT2D eigenvalue weighted by atomic mass is 10.1. The number of hydrogen-bond acceptors (Lipinski definition) is 3. The van der Waals surface area contributed by atoms with Crippen molar-refractivity contribution in [2.45, 2.75) is 45.7 Å². The van der Waals surface area contributed by atoms with Crippen molar-refractivity contribution in [1.29, 1.82) is 0 Å². The Balaban J connectivity index is 1.77. The van der Waals surface area contributed by atoms with Crippen LogP contribution < -0.4 is 10.6 Å². The van der Waals surface area contributed by atoms with Gasteiger partial charge in [-0.25, -0.2) is 4.98 Å². The molecule has 6 nitrogen and oxygen atoms in total. The minimum atomic E-state index is -0.266. The van der Waals surface area contributed by atoms with Crippen LogP contribution in [0.5, 0.6) is 0 Å². The van der Waals surface area contributed by atoms with E-state index in [0.717, 1.165) is 36.9 Å². The summed E-state index contributed by atoms with van der Waals surface area (Å²) in [5.41, 5.74) is 2.20. The highest BCUT2D eigenvalue weighted by atomic mass is 35.5. The Kier molecular flexibility index (Phi) is 5.93. The standard InChI is InChI=1S/C19H23ClN4O2/c1-2-10-21-18(25)16-15-5-3-4-11-24(15)17(23-16)19(26)22-12-13-6-8-14(20)9-7-13/h6-9H,2-5,10-12H2,1H3,(H,21,25)(H,22,26). The van der Waals surface area contributed by atoms with Crippen molar-refractivity contribution in [3.63, 3.8) is 0 Å². The Morgan fingerprint density at radius 1 is 1.15 bits per heavy atom. The Bertz CT molecular complexity index is 799. The lowest BCUT2D eigenvalue weighted by Crippen LogP contribution is -2.27. The predicted octanol–water partition coefficient (Wildman–Crippen LogP) is 2.94. The number of carbonyl (C=O) groups excluding carboxylic acids is 2. The lowest BCUT2D eigenvalue weighted by molar-refractivity contribution is 0.0935. The number of halogens is 1. The lowest BCUT2D eigenvalue weighted by Gasteiger charge is -2.17. The van der Waals surface area contributed by atoms with Crippen LogP contribution in [0, 0.1) is 0 Å². The van der Waals surface area contributed by atoms with Gasteiger partial charge in [0.2, 0.25) is 0 Å². The molecular formula is C19H23ClN4O2. The maximum atomic E-state index is 12.7. The van der Waals surface area contributed by atoms with Crippen LogP contribution in [0.4, 0.5) is 0 Å². The van der Waals surface area contributed by atoms with Gasteiger partial charge in [0.25, 0.3) is 11.8 Å². The molecule has 1 aromatic carbocycles. The van der Waals surface area contributed by atoms with E-state index < -0.39 is 0 Å². The quantitative estimate of drug-likeness (QED) is 0.816. The highest BCUT2D eigenvalue weighted by molar-refractivity contribution is 6.30. The van der Waals surface area contributed by atoms with Gasteiger partial charge in [-0.3, -0.25) is 9.59 Å². The molecule has 0 radical (unpaired) electrons. The van der Waals surface area contributed by atoms with Crippen LogP contribution in [0.1, 0.15) is 58.6 Å². The summed E-state index contributed by atoms with van der Waals surface area (Å²) in [4.78, 5) is 29.4. The summed E-state index contributed by atoms with van der Waals surface area (Å²) in [7, 11) is 0. The molecule has 26 heavy (non-hydrogen) atoms. The number of imidazole rings is 1. The number of nitrogens with one attached hydrogen (secondary N) is 2. The molecule has 0 unspecified atom stereocenters. The molecule has 0 saturated carbocycles. The average molecular weight is 375 g/mol. The Morgan fingerprint density at radius 3 is 2.65 bits per heavy atom. The van der Waals surface area contributed by atoms with E-state index in [1.54, 1.807) is 12.1 Å². The molecule has 2 aromatic rings. The molecule has 3 rings (SSSR count). The first-order chi connectivity index (χ1) is 12.6. The number of fused-ring (bicyclic) bond motifs is 1. The molecule has 138 valence electrons. The number of rotatable bonds is 6. The van der Waals surface area contributed by atoms with E-state index in [4.69, 9.17) is 11.6 Å². The topological polar surface area (TPSA) is 76.0 Å². The van der Waals surface area contributed by atoms with Crippen molar-refractivity contribution in [1.82, 2.24) is 20.2 Å². The molecule has 1 aliphatic rings. The largest absolute Gasteiger partial charge is 0.351 e. The van der Waals surface area contributed by atoms with Gasteiger partial charge in [0.1, 0.15) is 5.69 Å². The van der Waals surface area contributed by atoms with E-state index in [2.05, 4.69) is 15.6 Å². The molecule has 0 spiro atoms. The van der Waals surface area contributed by atoms with Gasteiger partial charge < -0.3 is 15.2 Å². The maximum absolute atomic E-state index is 12.7. The first-order valence-corrected chi connectivity index (χ1v) is 9.38. The number of amides is 2. The van der Waals surface area contributed by atoms with E-state index >= 15 is 0 Å². The molecule has 0 atom stereocenters. The Labute approximate surface area is 157 Å². The monoisotopic (exact) mass is 374 g/mol. The van der Waals surface area contributed by atoms with Crippen molar-refractivity contribution in [2.75, 3.05) is 6.54 Å². The molecule has 2 N–H and O–H groups in total. The van der Waals surface area contributed by atoms with Gasteiger partial charge in [0, 0.05) is 24.7 Å². The normalized spacial score (nSPS) is 13.2. The molecule has 1 aromatic heterocycles. The fraction of sp³-hybridized carbons (Fsp3) is 0.421. The van der Waals surface area contributed by atoms with Crippen molar-refractivity contribution in [2.24, 2.45) is 0 Å². The van der Waals surface area contributed by atoms with Gasteiger partial charge >= 0.3 is 0 Å². The third-order valence-corrected chi connectivity index (χ3v) is 4.69. The fourth-order valence-electron chi connectivity index (χ4n) is 3.08. The van der Waals surface area contributed by atoms with Crippen LogP contribution in [0.25, 0.3) is 0 Å². The van der Waals surface area contributed by atoms with Crippen LogP contribution in [0.3, 0.4) is 0 Å². The van der Waals surface area contributed by atoms with Gasteiger partial charge in [0.05, 0.1) is 5.69 Å². The molecule has 0 fully saturated rings. The number of carbonyl (C=O) groups is 2. The van der Waals surface area contributed by atoms with E-state index in [-0.39, 0.29) is 11.8 Å². The molecule has 2 heterocycles. The van der Waals surface area contributed by atoms with Crippen LogP contribution >= 0.6 is 11.6 Å². The summed E-state index contributed by atoms with van der Waals surface area (Å²) in [5.74, 6) is -0.151. The number of nitrogens with zero attached hydrogens (tertiary/aromatic N) is 2. The Hall–Kier alpha value is -2.34. The van der Waals surface area contributed by atoms with Gasteiger partial charge in [-0.05, 0) is 43.4 Å². The molecule has 0 saturated heterocycles. The van der Waals surface area contributed by atoms with E-state index in [0.29, 0.717) is 36.2 Å². The van der Waals surface area contributed by atoms with Crippen molar-refractivity contribution >= 4 is 23.4 Å². The highest BCUT2D eigenvalue weighted by Gasteiger charge is 2.27. The minimum absolute atomic E-state index is 0.200. The summed E-state index contributed by atoms with van der Waals surface area (Å²) in [6, 6.07) is 7.31. The van der Waals surface area contributed by atoms with E-state index in [9.17, 15) is 9.59 Å². The van der Waals surface area contributed by atoms with E-state index in [1.165, 1.54) is 0 Å².